The zero-order chi connectivity index (χ0) is 12.1. The topological polar surface area (TPSA) is 36.9 Å². The lowest BCUT2D eigenvalue weighted by Gasteiger charge is -2.28. The van der Waals surface area contributed by atoms with Gasteiger partial charge in [0.05, 0.1) is 0 Å². The van der Waals surface area contributed by atoms with Crippen LogP contribution in [0, 0.1) is 0 Å². The molecule has 1 unspecified atom stereocenters. The molecule has 0 spiro atoms. The van der Waals surface area contributed by atoms with Crippen LogP contribution in [0.2, 0.25) is 45.8 Å². The monoisotopic (exact) mass is 282 g/mol. The van der Waals surface area contributed by atoms with Crippen molar-refractivity contribution >= 4 is 35.9 Å². The van der Waals surface area contributed by atoms with Crippen LogP contribution in [-0.4, -0.2) is 35.9 Å². The fourth-order valence-electron chi connectivity index (χ4n) is 1.10. The van der Waals surface area contributed by atoms with Crippen LogP contribution < -0.4 is 0 Å². The average Bonchev–Trinajstić information content (AvgIpc) is 1.96. The standard InChI is InChI=1S/C7H22O4Si4/c1-12(2)8-9-14(5)11-15(6,7)10-13(3)4/h14H,1-7H3. The fraction of sp³-hybridized carbons (Fsp3) is 1.00. The van der Waals surface area contributed by atoms with Crippen LogP contribution in [0.1, 0.15) is 0 Å². The van der Waals surface area contributed by atoms with Gasteiger partial charge in [-0.3, -0.25) is 9.15 Å². The summed E-state index contributed by atoms with van der Waals surface area (Å²) in [7, 11) is -5.17. The molecule has 0 rings (SSSR count). The minimum absolute atomic E-state index is 0.699. The zero-order valence-electron chi connectivity index (χ0n) is 10.7. The average molecular weight is 283 g/mol. The first-order valence-electron chi connectivity index (χ1n) is 5.03. The molecule has 8 heteroatoms. The van der Waals surface area contributed by atoms with Crippen LogP contribution >= 0.6 is 0 Å². The Morgan fingerprint density at radius 1 is 1.00 bits per heavy atom. The molecule has 0 saturated heterocycles. The molecule has 15 heavy (non-hydrogen) atoms. The molecule has 0 aromatic heterocycles. The largest absolute Gasteiger partial charge is 0.437 e. The van der Waals surface area contributed by atoms with Crippen molar-refractivity contribution in [3.8, 4) is 0 Å². The molecule has 0 aromatic carbocycles. The summed E-state index contributed by atoms with van der Waals surface area (Å²) >= 11 is 0. The maximum absolute atomic E-state index is 5.85. The Kier molecular flexibility index (Phi) is 7.45. The van der Waals surface area contributed by atoms with Gasteiger partial charge in [-0.25, -0.2) is 0 Å². The van der Waals surface area contributed by atoms with E-state index in [9.17, 15) is 0 Å². The maximum Gasteiger partial charge on any atom is 0.346 e. The summed E-state index contributed by atoms with van der Waals surface area (Å²) in [5, 5.41) is 0. The summed E-state index contributed by atoms with van der Waals surface area (Å²) in [6.45, 7) is 14.4. The minimum atomic E-state index is -1.99. The van der Waals surface area contributed by atoms with E-state index in [1.54, 1.807) is 0 Å². The minimum Gasteiger partial charge on any atom is -0.437 e. The number of hydrogen-bond donors (Lipinski definition) is 0. The van der Waals surface area contributed by atoms with Crippen LogP contribution in [0.4, 0.5) is 0 Å². The number of hydrogen-bond acceptors (Lipinski definition) is 4. The van der Waals surface area contributed by atoms with Gasteiger partial charge in [-0.05, 0) is 45.8 Å². The molecule has 0 bridgehead atoms. The van der Waals surface area contributed by atoms with Crippen molar-refractivity contribution < 1.29 is 17.4 Å². The highest BCUT2D eigenvalue weighted by molar-refractivity contribution is 6.77. The van der Waals surface area contributed by atoms with E-state index in [-0.39, 0.29) is 0 Å². The zero-order valence-corrected chi connectivity index (χ0v) is 14.9. The van der Waals surface area contributed by atoms with E-state index in [0.717, 1.165) is 0 Å². The molecule has 2 radical (unpaired) electrons. The van der Waals surface area contributed by atoms with Gasteiger partial charge in [-0.2, -0.15) is 0 Å². The van der Waals surface area contributed by atoms with Gasteiger partial charge in [0.15, 0.2) is 9.04 Å². The van der Waals surface area contributed by atoms with E-state index in [0.29, 0.717) is 0 Å². The molecule has 0 fully saturated rings. The van der Waals surface area contributed by atoms with Gasteiger partial charge in [0.25, 0.3) is 9.04 Å². The Hall–Kier alpha value is 0.708. The lowest BCUT2D eigenvalue weighted by Crippen LogP contribution is -2.44. The predicted molar refractivity (Wildman–Crippen MR) is 69.8 cm³/mol. The molecule has 0 heterocycles. The third-order valence-electron chi connectivity index (χ3n) is 1.25. The summed E-state index contributed by atoms with van der Waals surface area (Å²) in [5.41, 5.74) is 0. The predicted octanol–water partition coefficient (Wildman–Crippen LogP) is 2.02. The van der Waals surface area contributed by atoms with Crippen molar-refractivity contribution in [2.75, 3.05) is 0 Å². The first-order valence-corrected chi connectivity index (χ1v) is 14.8. The van der Waals surface area contributed by atoms with Gasteiger partial charge < -0.3 is 8.23 Å². The highest BCUT2D eigenvalue weighted by atomic mass is 28.5. The van der Waals surface area contributed by atoms with Crippen LogP contribution in [0.5, 0.6) is 0 Å². The van der Waals surface area contributed by atoms with Crippen molar-refractivity contribution in [3.63, 3.8) is 0 Å². The Morgan fingerprint density at radius 2 is 1.53 bits per heavy atom. The van der Waals surface area contributed by atoms with Gasteiger partial charge >= 0.3 is 17.8 Å². The molecular weight excluding hydrogens is 260 g/mol. The van der Waals surface area contributed by atoms with Gasteiger partial charge in [-0.1, -0.05) is 0 Å². The summed E-state index contributed by atoms with van der Waals surface area (Å²) < 4.78 is 22.1. The second-order valence-corrected chi connectivity index (χ2v) is 13.9. The molecule has 1 atom stereocenters. The Balaban J connectivity index is 3.87. The van der Waals surface area contributed by atoms with Gasteiger partial charge in [-0.15, -0.1) is 0 Å². The normalized spacial score (nSPS) is 15.0. The first kappa shape index (κ1) is 15.7. The molecule has 0 aliphatic carbocycles. The third kappa shape index (κ3) is 9.63. The van der Waals surface area contributed by atoms with Gasteiger partial charge in [0.2, 0.25) is 0 Å². The molecule has 0 saturated carbocycles. The molecule has 0 aliphatic heterocycles. The van der Waals surface area contributed by atoms with E-state index in [1.807, 2.05) is 19.6 Å². The summed E-state index contributed by atoms with van der Waals surface area (Å²) in [6, 6.07) is 0. The second-order valence-electron chi connectivity index (χ2n) is 4.18. The highest BCUT2D eigenvalue weighted by Gasteiger charge is 2.29. The van der Waals surface area contributed by atoms with Crippen molar-refractivity contribution in [1.29, 1.82) is 0 Å². The second kappa shape index (κ2) is 7.12. The lowest BCUT2D eigenvalue weighted by atomic mass is 11.9. The maximum atomic E-state index is 5.85. The Morgan fingerprint density at radius 3 is 1.93 bits per heavy atom. The summed E-state index contributed by atoms with van der Waals surface area (Å²) in [4.78, 5) is 0. The van der Waals surface area contributed by atoms with E-state index in [1.165, 1.54) is 0 Å². The molecule has 0 N–H and O–H groups in total. The Labute approximate surface area is 99.4 Å². The summed E-state index contributed by atoms with van der Waals surface area (Å²) in [5.74, 6) is 0. The van der Waals surface area contributed by atoms with Crippen LogP contribution in [0.3, 0.4) is 0 Å². The van der Waals surface area contributed by atoms with E-state index in [4.69, 9.17) is 17.4 Å². The lowest BCUT2D eigenvalue weighted by molar-refractivity contribution is -0.123. The summed E-state index contributed by atoms with van der Waals surface area (Å²) in [6.07, 6.45) is 0. The smallest absolute Gasteiger partial charge is 0.346 e. The number of rotatable bonds is 7. The van der Waals surface area contributed by atoms with Gasteiger partial charge in [0.1, 0.15) is 0 Å². The van der Waals surface area contributed by atoms with Crippen molar-refractivity contribution in [3.05, 3.63) is 0 Å². The van der Waals surface area contributed by atoms with Crippen LogP contribution in [0.15, 0.2) is 0 Å². The van der Waals surface area contributed by atoms with Crippen molar-refractivity contribution in [2.24, 2.45) is 0 Å². The fourth-order valence-corrected chi connectivity index (χ4v) is 10.3. The van der Waals surface area contributed by atoms with E-state index in [2.05, 4.69) is 26.2 Å². The molecule has 4 nitrogen and oxygen atoms in total. The highest BCUT2D eigenvalue weighted by Crippen LogP contribution is 2.10. The van der Waals surface area contributed by atoms with Crippen molar-refractivity contribution in [2.45, 2.75) is 45.8 Å². The molecule has 0 aromatic rings. The van der Waals surface area contributed by atoms with E-state index >= 15 is 0 Å². The van der Waals surface area contributed by atoms with Crippen LogP contribution in [0.25, 0.3) is 0 Å². The quantitative estimate of drug-likeness (QED) is 0.407. The van der Waals surface area contributed by atoms with E-state index < -0.39 is 35.9 Å². The SMILES string of the molecule is C[Si](C)OO[SiH](C)O[Si](C)(C)O[Si](C)C. The molecule has 0 amide bonds. The van der Waals surface area contributed by atoms with Crippen molar-refractivity contribution in [1.82, 2.24) is 0 Å². The third-order valence-corrected chi connectivity index (χ3v) is 9.44. The Bertz CT molecular complexity index is 176. The molecule has 0 aliphatic rings. The molecular formula is C7H22O4Si4. The van der Waals surface area contributed by atoms with Crippen LogP contribution in [-0.2, 0) is 17.4 Å². The molecule has 90 valence electrons. The first-order chi connectivity index (χ1) is 6.73. The van der Waals surface area contributed by atoms with Gasteiger partial charge in [0, 0.05) is 0 Å².